The van der Waals surface area contributed by atoms with Gasteiger partial charge in [0.25, 0.3) is 5.91 Å². The van der Waals surface area contributed by atoms with Crippen LogP contribution in [-0.2, 0) is 0 Å². The third-order valence-electron chi connectivity index (χ3n) is 3.27. The van der Waals surface area contributed by atoms with Crippen LogP contribution >= 0.6 is 0 Å². The van der Waals surface area contributed by atoms with Crippen molar-refractivity contribution in [3.63, 3.8) is 0 Å². The molecular formula is C17H22N4O. The van der Waals surface area contributed by atoms with Crippen LogP contribution in [0.3, 0.4) is 0 Å². The minimum atomic E-state index is -0.164. The molecule has 0 aliphatic heterocycles. The Morgan fingerprint density at radius 3 is 2.64 bits per heavy atom. The van der Waals surface area contributed by atoms with Crippen LogP contribution in [0.2, 0.25) is 0 Å². The van der Waals surface area contributed by atoms with Gasteiger partial charge < -0.3 is 10.6 Å². The zero-order chi connectivity index (χ0) is 15.9. The fourth-order valence-electron chi connectivity index (χ4n) is 2.13. The number of rotatable bonds is 6. The van der Waals surface area contributed by atoms with Gasteiger partial charge in [0.05, 0.1) is 0 Å². The summed E-state index contributed by atoms with van der Waals surface area (Å²) in [6, 6.07) is 11.9. The molecule has 0 saturated carbocycles. The highest BCUT2D eigenvalue weighted by Crippen LogP contribution is 2.18. The Morgan fingerprint density at radius 2 is 1.95 bits per heavy atom. The summed E-state index contributed by atoms with van der Waals surface area (Å²) in [5, 5.41) is 6.15. The highest BCUT2D eigenvalue weighted by molar-refractivity contribution is 5.92. The Labute approximate surface area is 131 Å². The van der Waals surface area contributed by atoms with Gasteiger partial charge in [-0.15, -0.1) is 0 Å². The largest absolute Gasteiger partial charge is 0.363 e. The van der Waals surface area contributed by atoms with Gasteiger partial charge in [0, 0.05) is 18.7 Å². The second-order valence-corrected chi connectivity index (χ2v) is 5.22. The normalized spacial score (nSPS) is 11.8. The fourth-order valence-corrected chi connectivity index (χ4v) is 2.13. The van der Waals surface area contributed by atoms with Crippen molar-refractivity contribution in [1.29, 1.82) is 0 Å². The van der Waals surface area contributed by atoms with E-state index in [0.717, 1.165) is 12.0 Å². The van der Waals surface area contributed by atoms with Gasteiger partial charge in [-0.1, -0.05) is 37.3 Å². The predicted octanol–water partition coefficient (Wildman–Crippen LogP) is 3.10. The number of carbonyl (C=O) groups excluding carboxylic acids is 1. The maximum Gasteiger partial charge on any atom is 0.270 e. The molecule has 2 aromatic rings. The predicted molar refractivity (Wildman–Crippen MR) is 87.9 cm³/mol. The molecule has 1 atom stereocenters. The number of carbonyl (C=O) groups is 1. The first-order valence-electron chi connectivity index (χ1n) is 7.55. The van der Waals surface area contributed by atoms with E-state index in [0.29, 0.717) is 23.9 Å². The van der Waals surface area contributed by atoms with Gasteiger partial charge in [0.1, 0.15) is 17.3 Å². The first-order chi connectivity index (χ1) is 10.6. The lowest BCUT2D eigenvalue weighted by atomic mass is 10.1. The van der Waals surface area contributed by atoms with Crippen molar-refractivity contribution in [1.82, 2.24) is 15.3 Å². The molecular weight excluding hydrogens is 276 g/mol. The molecule has 5 heteroatoms. The average Bonchev–Trinajstić information content (AvgIpc) is 2.52. The molecule has 1 aromatic carbocycles. The van der Waals surface area contributed by atoms with Crippen molar-refractivity contribution in [3.05, 3.63) is 53.5 Å². The molecule has 0 aliphatic carbocycles. The lowest BCUT2D eigenvalue weighted by Crippen LogP contribution is -2.25. The van der Waals surface area contributed by atoms with E-state index in [1.165, 1.54) is 0 Å². The number of aryl methyl sites for hydroxylation is 1. The minimum absolute atomic E-state index is 0.0991. The summed E-state index contributed by atoms with van der Waals surface area (Å²) in [6.45, 7) is 6.50. The van der Waals surface area contributed by atoms with Crippen LogP contribution < -0.4 is 10.6 Å². The van der Waals surface area contributed by atoms with Gasteiger partial charge in [0.2, 0.25) is 0 Å². The van der Waals surface area contributed by atoms with E-state index in [2.05, 4.69) is 39.7 Å². The number of anilines is 1. The Kier molecular flexibility index (Phi) is 5.47. The van der Waals surface area contributed by atoms with Gasteiger partial charge >= 0.3 is 0 Å². The van der Waals surface area contributed by atoms with Crippen molar-refractivity contribution >= 4 is 11.7 Å². The number of hydrogen-bond acceptors (Lipinski definition) is 4. The van der Waals surface area contributed by atoms with Crippen molar-refractivity contribution in [2.45, 2.75) is 33.2 Å². The quantitative estimate of drug-likeness (QED) is 0.860. The smallest absolute Gasteiger partial charge is 0.270 e. The standard InChI is InChI=1S/C17H22N4O/c1-4-10-18-17(22)15-11-16(21-13(3)20-15)19-12(2)14-8-6-5-7-9-14/h5-9,11-12H,4,10H2,1-3H3,(H,18,22)(H,19,20,21). The molecule has 116 valence electrons. The Morgan fingerprint density at radius 1 is 1.23 bits per heavy atom. The summed E-state index contributed by atoms with van der Waals surface area (Å²) in [6.07, 6.45) is 0.895. The van der Waals surface area contributed by atoms with Gasteiger partial charge in [0.15, 0.2) is 0 Å². The van der Waals surface area contributed by atoms with Crippen molar-refractivity contribution in [2.75, 3.05) is 11.9 Å². The Bertz CT molecular complexity index is 628. The Hall–Kier alpha value is -2.43. The highest BCUT2D eigenvalue weighted by atomic mass is 16.1. The molecule has 1 amide bonds. The summed E-state index contributed by atoms with van der Waals surface area (Å²) >= 11 is 0. The number of nitrogens with one attached hydrogen (secondary N) is 2. The molecule has 0 radical (unpaired) electrons. The summed E-state index contributed by atoms with van der Waals surface area (Å²) in [7, 11) is 0. The summed E-state index contributed by atoms with van der Waals surface area (Å²) < 4.78 is 0. The van der Waals surface area contributed by atoms with Crippen LogP contribution in [0.1, 0.15) is 48.2 Å². The lowest BCUT2D eigenvalue weighted by Gasteiger charge is -2.15. The van der Waals surface area contributed by atoms with E-state index >= 15 is 0 Å². The van der Waals surface area contributed by atoms with Crippen LogP contribution in [0.25, 0.3) is 0 Å². The third-order valence-corrected chi connectivity index (χ3v) is 3.27. The number of hydrogen-bond donors (Lipinski definition) is 2. The number of benzene rings is 1. The number of nitrogens with zero attached hydrogens (tertiary/aromatic N) is 2. The molecule has 0 saturated heterocycles. The van der Waals surface area contributed by atoms with E-state index in [9.17, 15) is 4.79 Å². The highest BCUT2D eigenvalue weighted by Gasteiger charge is 2.12. The first-order valence-corrected chi connectivity index (χ1v) is 7.55. The van der Waals surface area contributed by atoms with E-state index in [-0.39, 0.29) is 11.9 Å². The van der Waals surface area contributed by atoms with Crippen molar-refractivity contribution in [2.24, 2.45) is 0 Å². The average molecular weight is 298 g/mol. The monoisotopic (exact) mass is 298 g/mol. The maximum atomic E-state index is 12.0. The van der Waals surface area contributed by atoms with Crippen LogP contribution in [0.15, 0.2) is 36.4 Å². The van der Waals surface area contributed by atoms with Crippen LogP contribution in [0, 0.1) is 6.92 Å². The van der Waals surface area contributed by atoms with Crippen molar-refractivity contribution < 1.29 is 4.79 Å². The summed E-state index contributed by atoms with van der Waals surface area (Å²) in [5.74, 6) is 1.07. The molecule has 0 fully saturated rings. The lowest BCUT2D eigenvalue weighted by molar-refractivity contribution is 0.0948. The molecule has 22 heavy (non-hydrogen) atoms. The van der Waals surface area contributed by atoms with Crippen LogP contribution in [0.4, 0.5) is 5.82 Å². The molecule has 1 aromatic heterocycles. The molecule has 5 nitrogen and oxygen atoms in total. The second kappa shape index (κ2) is 7.54. The van der Waals surface area contributed by atoms with Crippen molar-refractivity contribution in [3.8, 4) is 0 Å². The zero-order valence-electron chi connectivity index (χ0n) is 13.3. The minimum Gasteiger partial charge on any atom is -0.363 e. The van der Waals surface area contributed by atoms with E-state index in [1.807, 2.05) is 25.1 Å². The Balaban J connectivity index is 2.14. The molecule has 1 heterocycles. The van der Waals surface area contributed by atoms with E-state index in [4.69, 9.17) is 0 Å². The summed E-state index contributed by atoms with van der Waals surface area (Å²) in [5.41, 5.74) is 1.56. The van der Waals surface area contributed by atoms with Gasteiger partial charge in [-0.2, -0.15) is 0 Å². The zero-order valence-corrected chi connectivity index (χ0v) is 13.3. The third kappa shape index (κ3) is 4.28. The van der Waals surface area contributed by atoms with E-state index < -0.39 is 0 Å². The van der Waals surface area contributed by atoms with Crippen LogP contribution in [-0.4, -0.2) is 22.4 Å². The number of amides is 1. The molecule has 1 unspecified atom stereocenters. The second-order valence-electron chi connectivity index (χ2n) is 5.22. The molecule has 2 N–H and O–H groups in total. The van der Waals surface area contributed by atoms with Gasteiger partial charge in [-0.05, 0) is 25.8 Å². The molecule has 2 rings (SSSR count). The SMILES string of the molecule is CCCNC(=O)c1cc(NC(C)c2ccccc2)nc(C)n1. The van der Waals surface area contributed by atoms with Gasteiger partial charge in [-0.25, -0.2) is 9.97 Å². The molecule has 0 spiro atoms. The van der Waals surface area contributed by atoms with Crippen LogP contribution in [0.5, 0.6) is 0 Å². The van der Waals surface area contributed by atoms with Gasteiger partial charge in [-0.3, -0.25) is 4.79 Å². The topological polar surface area (TPSA) is 66.9 Å². The summed E-state index contributed by atoms with van der Waals surface area (Å²) in [4.78, 5) is 20.6. The molecule has 0 bridgehead atoms. The number of aromatic nitrogens is 2. The maximum absolute atomic E-state index is 12.0. The molecule has 0 aliphatic rings. The van der Waals surface area contributed by atoms with E-state index in [1.54, 1.807) is 13.0 Å². The first kappa shape index (κ1) is 15.9. The fraction of sp³-hybridized carbons (Fsp3) is 0.353.